The number of hydrogen-bond acceptors (Lipinski definition) is 4. The molecule has 0 saturated carbocycles. The van der Waals surface area contributed by atoms with Crippen molar-refractivity contribution in [3.63, 3.8) is 0 Å². The molecular weight excluding hydrogens is 254 g/mol. The van der Waals surface area contributed by atoms with E-state index in [0.29, 0.717) is 12.2 Å². The Morgan fingerprint density at radius 1 is 1.30 bits per heavy atom. The lowest BCUT2D eigenvalue weighted by atomic mass is 10.0. The van der Waals surface area contributed by atoms with Crippen LogP contribution < -0.4 is 10.6 Å². The van der Waals surface area contributed by atoms with Crippen LogP contribution in [0.15, 0.2) is 0 Å². The third-order valence-corrected chi connectivity index (χ3v) is 4.07. The molecule has 2 N–H and O–H groups in total. The van der Waals surface area contributed by atoms with Gasteiger partial charge in [0.05, 0.1) is 18.2 Å². The van der Waals surface area contributed by atoms with Crippen LogP contribution in [0.25, 0.3) is 0 Å². The molecule has 2 fully saturated rings. The molecular formula is C15H29N3O2. The minimum atomic E-state index is 0.0344. The number of carbonyl (C=O) groups excluding carboxylic acids is 1. The highest BCUT2D eigenvalue weighted by molar-refractivity contribution is 5.81. The van der Waals surface area contributed by atoms with Crippen molar-refractivity contribution < 1.29 is 9.53 Å². The highest BCUT2D eigenvalue weighted by atomic mass is 16.5. The van der Waals surface area contributed by atoms with Gasteiger partial charge in [-0.2, -0.15) is 0 Å². The molecule has 116 valence electrons. The number of nitrogens with one attached hydrogen (secondary N) is 2. The van der Waals surface area contributed by atoms with Gasteiger partial charge in [0.1, 0.15) is 0 Å². The molecule has 0 spiro atoms. The largest absolute Gasteiger partial charge is 0.373 e. The number of rotatable bonds is 5. The average molecular weight is 283 g/mol. The zero-order valence-electron chi connectivity index (χ0n) is 12.9. The lowest BCUT2D eigenvalue weighted by Gasteiger charge is -2.35. The number of amides is 1. The summed E-state index contributed by atoms with van der Waals surface area (Å²) in [6, 6.07) is 0.0344. The molecule has 1 amide bonds. The van der Waals surface area contributed by atoms with Gasteiger partial charge in [-0.15, -0.1) is 0 Å². The Kier molecular flexibility index (Phi) is 6.26. The van der Waals surface area contributed by atoms with E-state index in [1.807, 2.05) is 0 Å². The molecule has 2 saturated heterocycles. The average Bonchev–Trinajstić information content (AvgIpc) is 2.43. The standard InChI is InChI=1S/C15H29N3O2/c1-12-10-18(11-13(2)20-12)9-5-8-17-15(19)14-6-3-4-7-16-14/h12-14,16H,3-11H2,1-2H3,(H,17,19). The summed E-state index contributed by atoms with van der Waals surface area (Å²) >= 11 is 0. The number of carbonyl (C=O) groups is 1. The number of morpholine rings is 1. The van der Waals surface area contributed by atoms with E-state index in [0.717, 1.165) is 52.0 Å². The van der Waals surface area contributed by atoms with Gasteiger partial charge in [0.15, 0.2) is 0 Å². The van der Waals surface area contributed by atoms with E-state index in [1.54, 1.807) is 0 Å². The lowest BCUT2D eigenvalue weighted by Crippen LogP contribution is -2.48. The van der Waals surface area contributed by atoms with Crippen LogP contribution in [0.4, 0.5) is 0 Å². The molecule has 3 atom stereocenters. The Morgan fingerprint density at radius 3 is 2.70 bits per heavy atom. The molecule has 0 bridgehead atoms. The Morgan fingerprint density at radius 2 is 2.05 bits per heavy atom. The Balaban J connectivity index is 1.57. The topological polar surface area (TPSA) is 53.6 Å². The van der Waals surface area contributed by atoms with Gasteiger partial charge in [0.25, 0.3) is 0 Å². The van der Waals surface area contributed by atoms with Crippen molar-refractivity contribution >= 4 is 5.91 Å². The SMILES string of the molecule is CC1CN(CCCNC(=O)C2CCCCN2)CC(C)O1. The van der Waals surface area contributed by atoms with E-state index >= 15 is 0 Å². The van der Waals surface area contributed by atoms with E-state index in [-0.39, 0.29) is 11.9 Å². The summed E-state index contributed by atoms with van der Waals surface area (Å²) in [7, 11) is 0. The Bertz CT molecular complexity index is 295. The van der Waals surface area contributed by atoms with E-state index in [1.165, 1.54) is 6.42 Å². The number of nitrogens with zero attached hydrogens (tertiary/aromatic N) is 1. The van der Waals surface area contributed by atoms with Gasteiger partial charge in [0.2, 0.25) is 5.91 Å². The molecule has 2 heterocycles. The smallest absolute Gasteiger partial charge is 0.237 e. The first-order valence-electron chi connectivity index (χ1n) is 8.04. The van der Waals surface area contributed by atoms with Crippen molar-refractivity contribution in [3.8, 4) is 0 Å². The second-order valence-electron chi connectivity index (χ2n) is 6.16. The molecule has 2 rings (SSSR count). The molecule has 3 unspecified atom stereocenters. The lowest BCUT2D eigenvalue weighted by molar-refractivity contribution is -0.123. The summed E-state index contributed by atoms with van der Waals surface area (Å²) in [6.45, 7) is 9.04. The summed E-state index contributed by atoms with van der Waals surface area (Å²) in [5, 5.41) is 6.34. The van der Waals surface area contributed by atoms with E-state index in [9.17, 15) is 4.79 Å². The minimum absolute atomic E-state index is 0.0344. The fourth-order valence-corrected chi connectivity index (χ4v) is 3.18. The zero-order chi connectivity index (χ0) is 14.4. The summed E-state index contributed by atoms with van der Waals surface area (Å²) in [5.74, 6) is 0.174. The van der Waals surface area contributed by atoms with E-state index in [2.05, 4.69) is 29.4 Å². The van der Waals surface area contributed by atoms with Crippen LogP contribution in [0.1, 0.15) is 39.5 Å². The minimum Gasteiger partial charge on any atom is -0.373 e. The molecule has 5 heteroatoms. The number of hydrogen-bond donors (Lipinski definition) is 2. The van der Waals surface area contributed by atoms with Crippen LogP contribution in [0.2, 0.25) is 0 Å². The van der Waals surface area contributed by atoms with Gasteiger partial charge in [0, 0.05) is 26.2 Å². The normalized spacial score (nSPS) is 32.0. The molecule has 20 heavy (non-hydrogen) atoms. The van der Waals surface area contributed by atoms with E-state index < -0.39 is 0 Å². The summed E-state index contributed by atoms with van der Waals surface area (Å²) in [5.41, 5.74) is 0. The first-order chi connectivity index (χ1) is 9.65. The highest BCUT2D eigenvalue weighted by Crippen LogP contribution is 2.10. The summed E-state index contributed by atoms with van der Waals surface area (Å²) in [4.78, 5) is 14.4. The molecule has 5 nitrogen and oxygen atoms in total. The maximum absolute atomic E-state index is 11.9. The summed E-state index contributed by atoms with van der Waals surface area (Å²) < 4.78 is 5.72. The molecule has 0 aromatic carbocycles. The van der Waals surface area contributed by atoms with Gasteiger partial charge in [-0.05, 0) is 39.7 Å². The Labute approximate surface area is 122 Å². The summed E-state index contributed by atoms with van der Waals surface area (Å²) in [6.07, 6.45) is 4.98. The first-order valence-corrected chi connectivity index (χ1v) is 8.04. The van der Waals surface area contributed by atoms with Crippen molar-refractivity contribution in [3.05, 3.63) is 0 Å². The second-order valence-corrected chi connectivity index (χ2v) is 6.16. The monoisotopic (exact) mass is 283 g/mol. The van der Waals surface area contributed by atoms with Gasteiger partial charge in [-0.1, -0.05) is 6.42 Å². The molecule has 2 aliphatic heterocycles. The number of piperidine rings is 1. The molecule has 2 aliphatic rings. The predicted octanol–water partition coefficient (Wildman–Crippen LogP) is 0.744. The molecule has 0 aromatic rings. The van der Waals surface area contributed by atoms with Crippen LogP contribution in [0.3, 0.4) is 0 Å². The van der Waals surface area contributed by atoms with Crippen LogP contribution in [0, 0.1) is 0 Å². The van der Waals surface area contributed by atoms with Crippen LogP contribution in [-0.2, 0) is 9.53 Å². The van der Waals surface area contributed by atoms with Crippen molar-refractivity contribution in [2.45, 2.75) is 57.8 Å². The molecule has 0 aliphatic carbocycles. The predicted molar refractivity (Wildman–Crippen MR) is 79.7 cm³/mol. The highest BCUT2D eigenvalue weighted by Gasteiger charge is 2.22. The third-order valence-electron chi connectivity index (χ3n) is 4.07. The van der Waals surface area contributed by atoms with Gasteiger partial charge < -0.3 is 15.4 Å². The zero-order valence-corrected chi connectivity index (χ0v) is 12.9. The van der Waals surface area contributed by atoms with Crippen LogP contribution in [-0.4, -0.2) is 61.8 Å². The van der Waals surface area contributed by atoms with Crippen molar-refractivity contribution in [2.24, 2.45) is 0 Å². The maximum Gasteiger partial charge on any atom is 0.237 e. The fraction of sp³-hybridized carbons (Fsp3) is 0.933. The van der Waals surface area contributed by atoms with Gasteiger partial charge in [-0.25, -0.2) is 0 Å². The second kappa shape index (κ2) is 7.96. The van der Waals surface area contributed by atoms with Crippen molar-refractivity contribution in [1.29, 1.82) is 0 Å². The number of ether oxygens (including phenoxy) is 1. The van der Waals surface area contributed by atoms with Crippen molar-refractivity contribution in [1.82, 2.24) is 15.5 Å². The van der Waals surface area contributed by atoms with Gasteiger partial charge >= 0.3 is 0 Å². The fourth-order valence-electron chi connectivity index (χ4n) is 3.18. The Hall–Kier alpha value is -0.650. The maximum atomic E-state index is 11.9. The van der Waals surface area contributed by atoms with E-state index in [4.69, 9.17) is 4.74 Å². The quantitative estimate of drug-likeness (QED) is 0.731. The van der Waals surface area contributed by atoms with Gasteiger partial charge in [-0.3, -0.25) is 9.69 Å². The molecule has 0 radical (unpaired) electrons. The van der Waals surface area contributed by atoms with Crippen LogP contribution >= 0.6 is 0 Å². The van der Waals surface area contributed by atoms with Crippen molar-refractivity contribution in [2.75, 3.05) is 32.7 Å². The first kappa shape index (κ1) is 15.7. The molecule has 0 aromatic heterocycles. The van der Waals surface area contributed by atoms with Crippen LogP contribution in [0.5, 0.6) is 0 Å². The third kappa shape index (κ3) is 5.04.